The third-order valence-corrected chi connectivity index (χ3v) is 4.42. The Hall–Kier alpha value is -2.67. The first kappa shape index (κ1) is 14.3. The fourth-order valence-electron chi connectivity index (χ4n) is 1.95. The number of nitrogens with zero attached hydrogens (tertiary/aromatic N) is 1. The van der Waals surface area contributed by atoms with Gasteiger partial charge in [-0.1, -0.05) is 29.8 Å². The summed E-state index contributed by atoms with van der Waals surface area (Å²) in [5.41, 5.74) is 0.655. The molecule has 0 aliphatic carbocycles. The van der Waals surface area contributed by atoms with Gasteiger partial charge in [0.1, 0.15) is 0 Å². The third-order valence-electron chi connectivity index (χ3n) is 3.09. The number of hydrogen-bond acceptors (Lipinski definition) is 5. The molecule has 7 heteroatoms. The second kappa shape index (κ2) is 5.27. The number of benzene rings is 2. The van der Waals surface area contributed by atoms with E-state index in [2.05, 4.69) is 9.71 Å². The summed E-state index contributed by atoms with van der Waals surface area (Å²) >= 11 is 0. The van der Waals surface area contributed by atoms with Crippen molar-refractivity contribution in [2.75, 3.05) is 4.72 Å². The van der Waals surface area contributed by atoms with E-state index in [1.807, 2.05) is 6.92 Å². The van der Waals surface area contributed by atoms with Crippen LogP contribution in [0, 0.1) is 6.92 Å². The van der Waals surface area contributed by atoms with Gasteiger partial charge in [0, 0.05) is 0 Å². The van der Waals surface area contributed by atoms with Gasteiger partial charge in [0.2, 0.25) is 0 Å². The van der Waals surface area contributed by atoms with Crippen LogP contribution in [0.2, 0.25) is 0 Å². The van der Waals surface area contributed by atoms with Crippen LogP contribution in [0.5, 0.6) is 0 Å². The molecule has 0 saturated carbocycles. The number of aryl methyl sites for hydroxylation is 1. The van der Waals surface area contributed by atoms with E-state index in [-0.39, 0.29) is 10.9 Å². The monoisotopic (exact) mass is 316 g/mol. The Balaban J connectivity index is 2.02. The molecule has 1 N–H and O–H groups in total. The summed E-state index contributed by atoms with van der Waals surface area (Å²) in [6.07, 6.45) is 0. The molecule has 0 aliphatic heterocycles. The Morgan fingerprint density at radius 3 is 2.45 bits per heavy atom. The summed E-state index contributed by atoms with van der Waals surface area (Å²) in [6.45, 7) is 1.85. The van der Waals surface area contributed by atoms with Gasteiger partial charge in [0.25, 0.3) is 10.0 Å². The highest BCUT2D eigenvalue weighted by molar-refractivity contribution is 7.92. The first-order valence-electron chi connectivity index (χ1n) is 6.45. The van der Waals surface area contributed by atoms with Crippen molar-refractivity contribution in [2.24, 2.45) is 0 Å². The number of aromatic nitrogens is 1. The first-order chi connectivity index (χ1) is 10.5. The number of fused-ring (bicyclic) bond motifs is 1. The van der Waals surface area contributed by atoms with Gasteiger partial charge >= 0.3 is 11.6 Å². The molecule has 0 amide bonds. The van der Waals surface area contributed by atoms with Crippen molar-refractivity contribution in [3.8, 4) is 0 Å². The van der Waals surface area contributed by atoms with Crippen molar-refractivity contribution in [2.45, 2.75) is 11.8 Å². The molecule has 0 spiro atoms. The minimum atomic E-state index is -3.86. The van der Waals surface area contributed by atoms with Gasteiger partial charge in [0.05, 0.1) is 15.8 Å². The molecule has 3 rings (SSSR count). The van der Waals surface area contributed by atoms with Gasteiger partial charge in [-0.25, -0.2) is 17.9 Å². The Morgan fingerprint density at radius 1 is 1.05 bits per heavy atom. The highest BCUT2D eigenvalue weighted by Gasteiger charge is 2.17. The average Bonchev–Trinajstić information content (AvgIpc) is 2.47. The van der Waals surface area contributed by atoms with Crippen LogP contribution < -0.4 is 10.3 Å². The molecule has 3 aromatic rings. The molecular weight excluding hydrogens is 304 g/mol. The lowest BCUT2D eigenvalue weighted by atomic mass is 10.2. The lowest BCUT2D eigenvalue weighted by molar-refractivity contribution is 0.521. The Kier molecular flexibility index (Phi) is 3.42. The fourth-order valence-corrected chi connectivity index (χ4v) is 2.88. The maximum Gasteiger partial charge on any atom is 0.348 e. The molecule has 112 valence electrons. The van der Waals surface area contributed by atoms with E-state index in [0.29, 0.717) is 10.9 Å². The summed E-state index contributed by atoms with van der Waals surface area (Å²) in [4.78, 5) is 15.9. The molecule has 0 atom stereocenters. The number of para-hydroxylation sites is 1. The van der Waals surface area contributed by atoms with Crippen LogP contribution in [-0.4, -0.2) is 13.4 Å². The Labute approximate surface area is 126 Å². The van der Waals surface area contributed by atoms with E-state index < -0.39 is 15.6 Å². The number of rotatable bonds is 3. The Morgan fingerprint density at radius 2 is 1.73 bits per heavy atom. The van der Waals surface area contributed by atoms with E-state index >= 15 is 0 Å². The van der Waals surface area contributed by atoms with Crippen LogP contribution >= 0.6 is 0 Å². The summed E-state index contributed by atoms with van der Waals surface area (Å²) in [5.74, 6) is 0. The number of anilines is 1. The topological polar surface area (TPSA) is 89.3 Å². The van der Waals surface area contributed by atoms with Crippen LogP contribution in [0.1, 0.15) is 5.56 Å². The summed E-state index contributed by atoms with van der Waals surface area (Å²) in [7, 11) is -3.86. The lowest BCUT2D eigenvalue weighted by Crippen LogP contribution is -2.16. The predicted molar refractivity (Wildman–Crippen MR) is 82.3 cm³/mol. The SMILES string of the molecule is Cc1ccc(S(=O)(=O)Nc2nc3ccccc3c(=O)o2)cc1. The molecule has 2 aromatic carbocycles. The van der Waals surface area contributed by atoms with Crippen LogP contribution in [0.25, 0.3) is 10.9 Å². The summed E-state index contributed by atoms with van der Waals surface area (Å²) < 4.78 is 31.6. The summed E-state index contributed by atoms with van der Waals surface area (Å²) in [6, 6.07) is 12.5. The van der Waals surface area contributed by atoms with Gasteiger partial charge in [-0.05, 0) is 31.2 Å². The second-order valence-electron chi connectivity index (χ2n) is 4.74. The molecule has 0 saturated heterocycles. The molecule has 0 radical (unpaired) electrons. The van der Waals surface area contributed by atoms with Gasteiger partial charge in [-0.2, -0.15) is 4.98 Å². The zero-order valence-corrected chi connectivity index (χ0v) is 12.4. The normalized spacial score (nSPS) is 11.5. The lowest BCUT2D eigenvalue weighted by Gasteiger charge is -2.06. The van der Waals surface area contributed by atoms with Crippen molar-refractivity contribution in [1.29, 1.82) is 0 Å². The van der Waals surface area contributed by atoms with E-state index in [1.165, 1.54) is 12.1 Å². The largest absolute Gasteiger partial charge is 0.388 e. The molecular formula is C15H12N2O4S. The maximum atomic E-state index is 12.2. The zero-order chi connectivity index (χ0) is 15.7. The minimum Gasteiger partial charge on any atom is -0.388 e. The smallest absolute Gasteiger partial charge is 0.348 e. The van der Waals surface area contributed by atoms with E-state index in [9.17, 15) is 13.2 Å². The molecule has 1 heterocycles. The van der Waals surface area contributed by atoms with Gasteiger partial charge in [-0.3, -0.25) is 0 Å². The van der Waals surface area contributed by atoms with Gasteiger partial charge in [-0.15, -0.1) is 0 Å². The third kappa shape index (κ3) is 2.71. The number of sulfonamides is 1. The average molecular weight is 316 g/mol. The van der Waals surface area contributed by atoms with Crippen LogP contribution in [-0.2, 0) is 10.0 Å². The highest BCUT2D eigenvalue weighted by Crippen LogP contribution is 2.16. The quantitative estimate of drug-likeness (QED) is 0.801. The zero-order valence-electron chi connectivity index (χ0n) is 11.6. The number of hydrogen-bond donors (Lipinski definition) is 1. The van der Waals surface area contributed by atoms with Crippen molar-refractivity contribution in [3.63, 3.8) is 0 Å². The first-order valence-corrected chi connectivity index (χ1v) is 7.93. The second-order valence-corrected chi connectivity index (χ2v) is 6.42. The molecule has 0 bridgehead atoms. The van der Waals surface area contributed by atoms with Crippen LogP contribution in [0.4, 0.5) is 6.01 Å². The van der Waals surface area contributed by atoms with E-state index in [0.717, 1.165) is 5.56 Å². The molecule has 22 heavy (non-hydrogen) atoms. The van der Waals surface area contributed by atoms with Gasteiger partial charge < -0.3 is 4.42 Å². The molecule has 1 aromatic heterocycles. The van der Waals surface area contributed by atoms with E-state index in [1.54, 1.807) is 36.4 Å². The fraction of sp³-hybridized carbons (Fsp3) is 0.0667. The Bertz CT molecular complexity index is 992. The number of nitrogens with one attached hydrogen (secondary N) is 1. The summed E-state index contributed by atoms with van der Waals surface area (Å²) in [5, 5.41) is 0.292. The predicted octanol–water partition coefficient (Wildman–Crippen LogP) is 2.30. The molecule has 6 nitrogen and oxygen atoms in total. The molecule has 0 unspecified atom stereocenters. The highest BCUT2D eigenvalue weighted by atomic mass is 32.2. The van der Waals surface area contributed by atoms with Crippen molar-refractivity contribution >= 4 is 26.9 Å². The van der Waals surface area contributed by atoms with Crippen molar-refractivity contribution in [3.05, 3.63) is 64.5 Å². The van der Waals surface area contributed by atoms with E-state index in [4.69, 9.17) is 4.42 Å². The minimum absolute atomic E-state index is 0.0655. The van der Waals surface area contributed by atoms with Crippen molar-refractivity contribution in [1.82, 2.24) is 4.98 Å². The standard InChI is InChI=1S/C15H12N2O4S/c1-10-6-8-11(9-7-10)22(19,20)17-15-16-13-5-3-2-4-12(13)14(18)21-15/h2-9H,1H3,(H,16,17). The van der Waals surface area contributed by atoms with Gasteiger partial charge in [0.15, 0.2) is 0 Å². The van der Waals surface area contributed by atoms with Crippen LogP contribution in [0.15, 0.2) is 62.6 Å². The van der Waals surface area contributed by atoms with Crippen LogP contribution in [0.3, 0.4) is 0 Å². The molecule has 0 aliphatic rings. The maximum absolute atomic E-state index is 12.2. The molecule has 0 fully saturated rings. The van der Waals surface area contributed by atoms with Crippen molar-refractivity contribution < 1.29 is 12.8 Å².